The van der Waals surface area contributed by atoms with Crippen molar-refractivity contribution in [2.45, 2.75) is 31.1 Å². The summed E-state index contributed by atoms with van der Waals surface area (Å²) in [5.41, 5.74) is 1.89. The van der Waals surface area contributed by atoms with Crippen molar-refractivity contribution in [1.29, 1.82) is 0 Å². The molecule has 0 aromatic heterocycles. The second-order valence-corrected chi connectivity index (χ2v) is 7.97. The maximum absolute atomic E-state index is 12.4. The van der Waals surface area contributed by atoms with E-state index in [4.69, 9.17) is 0 Å². The maximum atomic E-state index is 12.4. The summed E-state index contributed by atoms with van der Waals surface area (Å²) >= 11 is 0. The summed E-state index contributed by atoms with van der Waals surface area (Å²) in [6.07, 6.45) is 3.29. The van der Waals surface area contributed by atoms with Gasteiger partial charge in [-0.05, 0) is 42.7 Å². The number of hydrogen-bond donors (Lipinski definition) is 1. The van der Waals surface area contributed by atoms with E-state index in [9.17, 15) is 13.2 Å². The highest BCUT2D eigenvalue weighted by Crippen LogP contribution is 2.14. The van der Waals surface area contributed by atoms with Crippen molar-refractivity contribution >= 4 is 21.6 Å². The predicted molar refractivity (Wildman–Crippen MR) is 99.9 cm³/mol. The molecule has 0 bridgehead atoms. The van der Waals surface area contributed by atoms with E-state index in [1.54, 1.807) is 18.2 Å². The third-order valence-corrected chi connectivity index (χ3v) is 5.69. The van der Waals surface area contributed by atoms with Crippen molar-refractivity contribution in [3.05, 3.63) is 60.2 Å². The van der Waals surface area contributed by atoms with Crippen LogP contribution in [-0.2, 0) is 21.2 Å². The number of amides is 1. The van der Waals surface area contributed by atoms with Crippen LogP contribution in [0.25, 0.3) is 0 Å². The van der Waals surface area contributed by atoms with Crippen molar-refractivity contribution in [2.24, 2.45) is 0 Å². The molecule has 0 saturated carbocycles. The zero-order valence-electron chi connectivity index (χ0n) is 14.6. The van der Waals surface area contributed by atoms with Gasteiger partial charge in [-0.15, -0.1) is 0 Å². The van der Waals surface area contributed by atoms with Gasteiger partial charge in [-0.25, -0.2) is 8.42 Å². The number of carbonyl (C=O) groups is 1. The molecular weight excluding hydrogens is 336 g/mol. The molecule has 1 N–H and O–H groups in total. The Balaban J connectivity index is 1.95. The lowest BCUT2D eigenvalue weighted by molar-refractivity contribution is -0.116. The minimum atomic E-state index is -3.67. The first-order valence-electron chi connectivity index (χ1n) is 8.33. The van der Waals surface area contributed by atoms with Gasteiger partial charge < -0.3 is 5.32 Å². The summed E-state index contributed by atoms with van der Waals surface area (Å²) < 4.78 is 25.9. The summed E-state index contributed by atoms with van der Waals surface area (Å²) in [5, 5.41) is 2.73. The Morgan fingerprint density at radius 3 is 2.28 bits per heavy atom. The van der Waals surface area contributed by atoms with E-state index in [1.165, 1.54) is 24.7 Å². The van der Waals surface area contributed by atoms with Gasteiger partial charge in [0.15, 0.2) is 0 Å². The number of anilines is 1. The van der Waals surface area contributed by atoms with Gasteiger partial charge in [0, 0.05) is 12.7 Å². The van der Waals surface area contributed by atoms with Gasteiger partial charge in [0.2, 0.25) is 15.9 Å². The van der Waals surface area contributed by atoms with E-state index >= 15 is 0 Å². The zero-order valence-corrected chi connectivity index (χ0v) is 15.4. The van der Waals surface area contributed by atoms with Crippen molar-refractivity contribution in [1.82, 2.24) is 4.31 Å². The Kier molecular flexibility index (Phi) is 6.73. The number of sulfonamides is 1. The van der Waals surface area contributed by atoms with Crippen LogP contribution in [0.2, 0.25) is 0 Å². The maximum Gasteiger partial charge on any atom is 0.243 e. The fourth-order valence-corrected chi connectivity index (χ4v) is 3.54. The second-order valence-electron chi connectivity index (χ2n) is 5.92. The van der Waals surface area contributed by atoms with E-state index in [-0.39, 0.29) is 17.3 Å². The molecule has 2 aromatic rings. The van der Waals surface area contributed by atoms with Crippen molar-refractivity contribution < 1.29 is 13.2 Å². The van der Waals surface area contributed by atoms with Gasteiger partial charge in [0.05, 0.1) is 11.4 Å². The van der Waals surface area contributed by atoms with Gasteiger partial charge in [0.25, 0.3) is 0 Å². The monoisotopic (exact) mass is 360 g/mol. The number of likely N-dealkylation sites (N-methyl/N-ethyl adjacent to an activating group) is 1. The number of aryl methyl sites for hydroxylation is 1. The molecule has 0 unspecified atom stereocenters. The molecule has 1 amide bonds. The zero-order chi connectivity index (χ0) is 18.3. The molecule has 0 aliphatic carbocycles. The van der Waals surface area contributed by atoms with E-state index in [2.05, 4.69) is 12.2 Å². The highest BCUT2D eigenvalue weighted by Gasteiger charge is 2.22. The third kappa shape index (κ3) is 5.41. The van der Waals surface area contributed by atoms with Gasteiger partial charge in [-0.3, -0.25) is 4.79 Å². The molecule has 25 heavy (non-hydrogen) atoms. The molecule has 2 aromatic carbocycles. The van der Waals surface area contributed by atoms with Gasteiger partial charge in [-0.1, -0.05) is 43.7 Å². The molecule has 134 valence electrons. The first kappa shape index (κ1) is 19.1. The number of rotatable bonds is 8. The molecule has 0 heterocycles. The van der Waals surface area contributed by atoms with Crippen LogP contribution in [0.5, 0.6) is 0 Å². The molecule has 0 fully saturated rings. The minimum Gasteiger partial charge on any atom is -0.325 e. The quantitative estimate of drug-likeness (QED) is 0.785. The number of nitrogens with one attached hydrogen (secondary N) is 1. The first-order chi connectivity index (χ1) is 11.9. The summed E-state index contributed by atoms with van der Waals surface area (Å²) in [6.45, 7) is 1.91. The Bertz CT molecular complexity index is 787. The summed E-state index contributed by atoms with van der Waals surface area (Å²) in [5.74, 6) is -0.372. The van der Waals surface area contributed by atoms with Gasteiger partial charge in [-0.2, -0.15) is 4.31 Å². The van der Waals surface area contributed by atoms with Crippen LogP contribution >= 0.6 is 0 Å². The Hall–Kier alpha value is -2.18. The number of hydrogen-bond acceptors (Lipinski definition) is 3. The van der Waals surface area contributed by atoms with E-state index < -0.39 is 10.0 Å². The van der Waals surface area contributed by atoms with Crippen LogP contribution in [0, 0.1) is 0 Å². The highest BCUT2D eigenvalue weighted by molar-refractivity contribution is 7.89. The molecule has 0 radical (unpaired) electrons. The summed E-state index contributed by atoms with van der Waals surface area (Å²) in [6, 6.07) is 15.7. The molecule has 5 nitrogen and oxygen atoms in total. The van der Waals surface area contributed by atoms with Crippen molar-refractivity contribution in [3.63, 3.8) is 0 Å². The Morgan fingerprint density at radius 2 is 1.68 bits per heavy atom. The predicted octanol–water partition coefficient (Wildman–Crippen LogP) is 3.29. The average molecular weight is 360 g/mol. The molecule has 6 heteroatoms. The highest BCUT2D eigenvalue weighted by atomic mass is 32.2. The lowest BCUT2D eigenvalue weighted by Gasteiger charge is -2.17. The number of unbranched alkanes of at least 4 members (excludes halogenated alkanes) is 1. The summed E-state index contributed by atoms with van der Waals surface area (Å²) in [4.78, 5) is 12.3. The molecular formula is C19H24N2O3S. The average Bonchev–Trinajstić information content (AvgIpc) is 2.61. The number of benzene rings is 2. The number of carbonyl (C=O) groups excluding carboxylic acids is 1. The lowest BCUT2D eigenvalue weighted by atomic mass is 10.1. The van der Waals surface area contributed by atoms with Crippen LogP contribution in [0.15, 0.2) is 59.5 Å². The van der Waals surface area contributed by atoms with Crippen LogP contribution in [0.1, 0.15) is 25.3 Å². The summed E-state index contributed by atoms with van der Waals surface area (Å²) in [7, 11) is -2.27. The Morgan fingerprint density at radius 1 is 1.04 bits per heavy atom. The molecule has 0 spiro atoms. The van der Waals surface area contributed by atoms with Crippen LogP contribution in [0.3, 0.4) is 0 Å². The second kappa shape index (κ2) is 8.78. The molecule has 0 saturated heterocycles. The van der Waals surface area contributed by atoms with Crippen molar-refractivity contribution in [3.8, 4) is 0 Å². The van der Waals surface area contributed by atoms with Gasteiger partial charge >= 0.3 is 0 Å². The van der Waals surface area contributed by atoms with E-state index in [0.717, 1.165) is 23.6 Å². The van der Waals surface area contributed by atoms with Crippen LogP contribution in [-0.4, -0.2) is 32.2 Å². The molecule has 2 rings (SSSR count). The van der Waals surface area contributed by atoms with Crippen molar-refractivity contribution in [2.75, 3.05) is 18.9 Å². The Labute approximate surface area is 149 Å². The smallest absolute Gasteiger partial charge is 0.243 e. The van der Waals surface area contributed by atoms with E-state index in [0.29, 0.717) is 5.69 Å². The molecule has 0 aliphatic rings. The topological polar surface area (TPSA) is 66.5 Å². The molecule has 0 aliphatic heterocycles. The third-order valence-electron chi connectivity index (χ3n) is 3.87. The SMILES string of the molecule is CCCCc1ccc(NC(=O)CN(C)S(=O)(=O)c2ccccc2)cc1. The molecule has 0 atom stereocenters. The minimum absolute atomic E-state index is 0.172. The number of nitrogens with zero attached hydrogens (tertiary/aromatic N) is 1. The van der Waals surface area contributed by atoms with Gasteiger partial charge in [0.1, 0.15) is 0 Å². The van der Waals surface area contributed by atoms with Crippen LogP contribution < -0.4 is 5.32 Å². The van der Waals surface area contributed by atoms with Crippen LogP contribution in [0.4, 0.5) is 5.69 Å². The standard InChI is InChI=1S/C19H24N2O3S/c1-3-4-8-16-11-13-17(14-12-16)20-19(22)15-21(2)25(23,24)18-9-6-5-7-10-18/h5-7,9-14H,3-4,8,15H2,1-2H3,(H,20,22). The fourth-order valence-electron chi connectivity index (χ4n) is 2.40. The normalized spacial score (nSPS) is 11.5. The largest absolute Gasteiger partial charge is 0.325 e. The fraction of sp³-hybridized carbons (Fsp3) is 0.316. The lowest BCUT2D eigenvalue weighted by Crippen LogP contribution is -2.34. The first-order valence-corrected chi connectivity index (χ1v) is 9.77. The van der Waals surface area contributed by atoms with E-state index in [1.807, 2.05) is 24.3 Å².